The van der Waals surface area contributed by atoms with Crippen LogP contribution in [-0.4, -0.2) is 30.3 Å². The number of amides is 1. The lowest BCUT2D eigenvalue weighted by Gasteiger charge is -2.13. The molecule has 0 aliphatic rings. The molecule has 0 unspecified atom stereocenters. The van der Waals surface area contributed by atoms with Crippen LogP contribution in [0, 0.1) is 6.92 Å². The van der Waals surface area contributed by atoms with Crippen molar-refractivity contribution in [2.75, 3.05) is 18.5 Å². The minimum atomic E-state index is -0.327. The predicted octanol–water partition coefficient (Wildman–Crippen LogP) is 7.47. The average Bonchev–Trinajstić information content (AvgIpc) is 3.38. The van der Waals surface area contributed by atoms with Crippen molar-refractivity contribution in [1.82, 2.24) is 10.4 Å². The zero-order valence-corrected chi connectivity index (χ0v) is 23.0. The van der Waals surface area contributed by atoms with Gasteiger partial charge < -0.3 is 14.8 Å². The van der Waals surface area contributed by atoms with E-state index in [0.717, 1.165) is 28.5 Å². The fourth-order valence-corrected chi connectivity index (χ4v) is 4.53. The number of ether oxygens (including phenoxy) is 2. The molecule has 0 saturated heterocycles. The number of rotatable bonds is 11. The second-order valence-corrected chi connectivity index (χ2v) is 9.68. The van der Waals surface area contributed by atoms with Gasteiger partial charge in [0.25, 0.3) is 5.91 Å². The number of nitrogens with zero attached hydrogens (tertiary/aromatic N) is 2. The number of hydrogen-bond donors (Lipinski definition) is 2. The number of carbonyl (C=O) groups is 1. The molecule has 0 atom stereocenters. The van der Waals surface area contributed by atoms with Gasteiger partial charge in [0.2, 0.25) is 0 Å². The van der Waals surface area contributed by atoms with Crippen molar-refractivity contribution in [3.63, 3.8) is 0 Å². The summed E-state index contributed by atoms with van der Waals surface area (Å²) in [5.74, 6) is 0.720. The number of thiazole rings is 1. The highest BCUT2D eigenvalue weighted by atomic mass is 35.5. The van der Waals surface area contributed by atoms with Gasteiger partial charge in [-0.2, -0.15) is 5.10 Å². The van der Waals surface area contributed by atoms with Gasteiger partial charge in [-0.1, -0.05) is 48.4 Å². The van der Waals surface area contributed by atoms with Crippen molar-refractivity contribution < 1.29 is 14.3 Å². The van der Waals surface area contributed by atoms with Crippen LogP contribution in [0.25, 0.3) is 11.3 Å². The largest absolute Gasteiger partial charge is 0.490 e. The normalized spacial score (nSPS) is 10.9. The first-order chi connectivity index (χ1) is 18.5. The first kappa shape index (κ1) is 27.2. The minimum Gasteiger partial charge on any atom is -0.490 e. The molecule has 0 aliphatic heterocycles. The van der Waals surface area contributed by atoms with E-state index >= 15 is 0 Å². The SMILES string of the molecule is CCCOc1c(Cl)cc(/C=N\NC(=O)c2ccc(-c3csc(Nc4ccc(C)cc4)n3)cc2)cc1OCC. The van der Waals surface area contributed by atoms with Crippen molar-refractivity contribution in [3.05, 3.63) is 87.8 Å². The second kappa shape index (κ2) is 13.1. The van der Waals surface area contributed by atoms with Gasteiger partial charge in [-0.25, -0.2) is 10.4 Å². The number of anilines is 2. The second-order valence-electron chi connectivity index (χ2n) is 8.42. The van der Waals surface area contributed by atoms with Crippen LogP contribution >= 0.6 is 22.9 Å². The maximum Gasteiger partial charge on any atom is 0.271 e. The molecular weight excluding hydrogens is 520 g/mol. The molecule has 196 valence electrons. The molecule has 0 radical (unpaired) electrons. The Morgan fingerprint density at radius 1 is 1.08 bits per heavy atom. The third kappa shape index (κ3) is 7.12. The number of halogens is 1. The Morgan fingerprint density at radius 3 is 2.55 bits per heavy atom. The maximum atomic E-state index is 12.6. The van der Waals surface area contributed by atoms with E-state index in [0.29, 0.717) is 40.9 Å². The molecule has 0 spiro atoms. The highest BCUT2D eigenvalue weighted by Gasteiger charge is 2.12. The standard InChI is InChI=1S/C29H29ClN4O3S/c1-4-14-37-27-24(30)15-20(16-26(27)36-5-2)17-31-34-28(35)22-10-8-21(9-11-22)25-18-38-29(33-25)32-23-12-6-19(3)7-13-23/h6-13,15-18H,4-5,14H2,1-3H3,(H,32,33)(H,34,35)/b31-17-. The fraction of sp³-hybridized carbons (Fsp3) is 0.207. The zero-order chi connectivity index (χ0) is 26.9. The summed E-state index contributed by atoms with van der Waals surface area (Å²) in [6.07, 6.45) is 2.37. The molecule has 7 nitrogen and oxygen atoms in total. The molecule has 4 aromatic rings. The van der Waals surface area contributed by atoms with E-state index in [-0.39, 0.29) is 5.91 Å². The Hall–Kier alpha value is -3.88. The van der Waals surface area contributed by atoms with Crippen molar-refractivity contribution >= 4 is 45.9 Å². The van der Waals surface area contributed by atoms with Gasteiger partial charge >= 0.3 is 0 Å². The summed E-state index contributed by atoms with van der Waals surface area (Å²) in [6, 6.07) is 18.9. The van der Waals surface area contributed by atoms with E-state index in [1.54, 1.807) is 24.3 Å². The van der Waals surface area contributed by atoms with E-state index in [9.17, 15) is 4.79 Å². The summed E-state index contributed by atoms with van der Waals surface area (Å²) in [4.78, 5) is 17.3. The van der Waals surface area contributed by atoms with Gasteiger partial charge in [-0.05, 0) is 62.2 Å². The number of hydrogen-bond acceptors (Lipinski definition) is 7. The summed E-state index contributed by atoms with van der Waals surface area (Å²) in [5, 5.41) is 10.6. The first-order valence-corrected chi connectivity index (χ1v) is 13.5. The van der Waals surface area contributed by atoms with Gasteiger partial charge in [-0.3, -0.25) is 4.79 Å². The van der Waals surface area contributed by atoms with Crippen molar-refractivity contribution in [2.45, 2.75) is 27.2 Å². The average molecular weight is 549 g/mol. The molecule has 3 aromatic carbocycles. The van der Waals surface area contributed by atoms with E-state index in [2.05, 4.69) is 39.9 Å². The van der Waals surface area contributed by atoms with Crippen LogP contribution < -0.4 is 20.2 Å². The van der Waals surface area contributed by atoms with E-state index < -0.39 is 0 Å². The quantitative estimate of drug-likeness (QED) is 0.150. The highest BCUT2D eigenvalue weighted by molar-refractivity contribution is 7.14. The molecule has 1 amide bonds. The van der Waals surface area contributed by atoms with Gasteiger partial charge in [0, 0.05) is 22.2 Å². The number of aryl methyl sites for hydroxylation is 1. The zero-order valence-electron chi connectivity index (χ0n) is 21.5. The first-order valence-electron chi connectivity index (χ1n) is 12.3. The Morgan fingerprint density at radius 2 is 1.84 bits per heavy atom. The summed E-state index contributed by atoms with van der Waals surface area (Å²) in [5.41, 5.74) is 7.66. The van der Waals surface area contributed by atoms with E-state index in [4.69, 9.17) is 21.1 Å². The Labute approximate surface area is 231 Å². The molecule has 9 heteroatoms. The lowest BCUT2D eigenvalue weighted by Crippen LogP contribution is -2.17. The number of nitrogens with one attached hydrogen (secondary N) is 2. The van der Waals surface area contributed by atoms with E-state index in [1.807, 2.05) is 43.5 Å². The van der Waals surface area contributed by atoms with Gasteiger partial charge in [-0.15, -0.1) is 11.3 Å². The van der Waals surface area contributed by atoms with Gasteiger partial charge in [0.15, 0.2) is 16.6 Å². The molecule has 0 fully saturated rings. The maximum absolute atomic E-state index is 12.6. The molecule has 0 bridgehead atoms. The van der Waals surface area contributed by atoms with Crippen LogP contribution in [0.4, 0.5) is 10.8 Å². The summed E-state index contributed by atoms with van der Waals surface area (Å²) < 4.78 is 11.4. The lowest BCUT2D eigenvalue weighted by atomic mass is 10.1. The number of carbonyl (C=O) groups excluding carboxylic acids is 1. The van der Waals surface area contributed by atoms with Crippen molar-refractivity contribution in [3.8, 4) is 22.8 Å². The van der Waals surface area contributed by atoms with Crippen LogP contribution in [0.2, 0.25) is 5.02 Å². The Bertz CT molecular complexity index is 1400. The van der Waals surface area contributed by atoms with Crippen LogP contribution in [0.15, 0.2) is 71.1 Å². The molecule has 0 aliphatic carbocycles. The van der Waals surface area contributed by atoms with E-state index in [1.165, 1.54) is 23.1 Å². The molecular formula is C29H29ClN4O3S. The molecule has 1 aromatic heterocycles. The monoisotopic (exact) mass is 548 g/mol. The summed E-state index contributed by atoms with van der Waals surface area (Å²) >= 11 is 7.92. The summed E-state index contributed by atoms with van der Waals surface area (Å²) in [7, 11) is 0. The number of benzene rings is 3. The van der Waals surface area contributed by atoms with Crippen molar-refractivity contribution in [2.24, 2.45) is 5.10 Å². The third-order valence-corrected chi connectivity index (χ3v) is 6.45. The van der Waals surface area contributed by atoms with Crippen LogP contribution in [0.5, 0.6) is 11.5 Å². The molecule has 4 rings (SSSR count). The predicted molar refractivity (Wildman–Crippen MR) is 155 cm³/mol. The van der Waals surface area contributed by atoms with Crippen LogP contribution in [-0.2, 0) is 0 Å². The number of hydrazone groups is 1. The molecule has 2 N–H and O–H groups in total. The highest BCUT2D eigenvalue weighted by Crippen LogP contribution is 2.36. The number of aromatic nitrogens is 1. The Balaban J connectivity index is 1.37. The van der Waals surface area contributed by atoms with Crippen LogP contribution in [0.3, 0.4) is 0 Å². The van der Waals surface area contributed by atoms with Gasteiger partial charge in [0.1, 0.15) is 0 Å². The fourth-order valence-electron chi connectivity index (χ4n) is 3.52. The topological polar surface area (TPSA) is 84.8 Å². The lowest BCUT2D eigenvalue weighted by molar-refractivity contribution is 0.0955. The van der Waals surface area contributed by atoms with Crippen LogP contribution in [0.1, 0.15) is 41.8 Å². The smallest absolute Gasteiger partial charge is 0.271 e. The summed E-state index contributed by atoms with van der Waals surface area (Å²) in [6.45, 7) is 6.97. The molecule has 38 heavy (non-hydrogen) atoms. The molecule has 1 heterocycles. The van der Waals surface area contributed by atoms with Crippen molar-refractivity contribution in [1.29, 1.82) is 0 Å². The van der Waals surface area contributed by atoms with Gasteiger partial charge in [0.05, 0.1) is 30.1 Å². The minimum absolute atomic E-state index is 0.327. The molecule has 0 saturated carbocycles. The Kier molecular flexibility index (Phi) is 9.35. The third-order valence-electron chi connectivity index (χ3n) is 5.41.